The molecular weight excluding hydrogens is 247 g/mol. The molecule has 0 aliphatic rings. The standard InChI is InChI=1S/C12H16F3NS/c1-3-16-10(6-7-17-2)8-4-5-9(13)12(15)11(8)14/h4-5,10,16H,3,6-7H2,1-2H3. The zero-order valence-electron chi connectivity index (χ0n) is 9.90. The molecule has 1 aromatic carbocycles. The molecule has 1 N–H and O–H groups in total. The fraction of sp³-hybridized carbons (Fsp3) is 0.500. The van der Waals surface area contributed by atoms with E-state index >= 15 is 0 Å². The molecule has 0 fully saturated rings. The van der Waals surface area contributed by atoms with Crippen molar-refractivity contribution in [3.8, 4) is 0 Å². The molecule has 0 heterocycles. The van der Waals surface area contributed by atoms with Crippen LogP contribution in [0, 0.1) is 17.5 Å². The third-order valence-corrected chi connectivity index (χ3v) is 3.15. The summed E-state index contributed by atoms with van der Waals surface area (Å²) in [6.45, 7) is 2.54. The van der Waals surface area contributed by atoms with Gasteiger partial charge in [0.1, 0.15) is 0 Å². The SMILES string of the molecule is CCNC(CCSC)c1ccc(F)c(F)c1F. The van der Waals surface area contributed by atoms with Crippen molar-refractivity contribution in [2.75, 3.05) is 18.6 Å². The number of halogens is 3. The summed E-state index contributed by atoms with van der Waals surface area (Å²) in [5.41, 5.74) is 0.194. The molecule has 1 aromatic rings. The van der Waals surface area contributed by atoms with Gasteiger partial charge in [-0.05, 0) is 31.0 Å². The van der Waals surface area contributed by atoms with E-state index in [1.54, 1.807) is 11.8 Å². The van der Waals surface area contributed by atoms with Gasteiger partial charge in [-0.1, -0.05) is 13.0 Å². The van der Waals surface area contributed by atoms with Crippen LogP contribution in [0.3, 0.4) is 0 Å². The molecule has 0 amide bonds. The maximum atomic E-state index is 13.6. The van der Waals surface area contributed by atoms with Crippen molar-refractivity contribution in [2.45, 2.75) is 19.4 Å². The minimum absolute atomic E-state index is 0.194. The van der Waals surface area contributed by atoms with Gasteiger partial charge in [0.2, 0.25) is 0 Å². The van der Waals surface area contributed by atoms with Crippen LogP contribution < -0.4 is 5.32 Å². The van der Waals surface area contributed by atoms with Crippen LogP contribution in [0.25, 0.3) is 0 Å². The molecule has 0 aliphatic heterocycles. The summed E-state index contributed by atoms with van der Waals surface area (Å²) in [6.07, 6.45) is 2.63. The molecule has 0 saturated heterocycles. The maximum absolute atomic E-state index is 13.6. The smallest absolute Gasteiger partial charge is 0.194 e. The molecule has 1 rings (SSSR count). The molecule has 1 atom stereocenters. The van der Waals surface area contributed by atoms with Crippen molar-refractivity contribution in [1.29, 1.82) is 0 Å². The van der Waals surface area contributed by atoms with Gasteiger partial charge < -0.3 is 5.32 Å². The molecule has 0 radical (unpaired) electrons. The number of rotatable bonds is 6. The van der Waals surface area contributed by atoms with E-state index in [4.69, 9.17) is 0 Å². The van der Waals surface area contributed by atoms with Crippen LogP contribution in [0.5, 0.6) is 0 Å². The molecule has 0 bridgehead atoms. The summed E-state index contributed by atoms with van der Waals surface area (Å²) in [5, 5.41) is 3.08. The Balaban J connectivity index is 2.97. The Labute approximate surface area is 104 Å². The lowest BCUT2D eigenvalue weighted by molar-refractivity contribution is 0.423. The summed E-state index contributed by atoms with van der Waals surface area (Å²) in [6, 6.07) is 2.00. The first-order valence-corrected chi connectivity index (χ1v) is 6.86. The molecule has 17 heavy (non-hydrogen) atoms. The number of benzene rings is 1. The van der Waals surface area contributed by atoms with E-state index in [2.05, 4.69) is 5.32 Å². The van der Waals surface area contributed by atoms with Crippen LogP contribution in [-0.2, 0) is 0 Å². The van der Waals surface area contributed by atoms with Gasteiger partial charge in [-0.3, -0.25) is 0 Å². The van der Waals surface area contributed by atoms with Crippen LogP contribution >= 0.6 is 11.8 Å². The van der Waals surface area contributed by atoms with Gasteiger partial charge in [0.15, 0.2) is 17.5 Å². The Morgan fingerprint density at radius 2 is 1.94 bits per heavy atom. The highest BCUT2D eigenvalue weighted by Crippen LogP contribution is 2.24. The molecule has 0 aliphatic carbocycles. The Bertz CT molecular complexity index is 371. The second-order valence-corrected chi connectivity index (χ2v) is 4.64. The van der Waals surface area contributed by atoms with Crippen molar-refractivity contribution < 1.29 is 13.2 Å². The number of thioether (sulfide) groups is 1. The Morgan fingerprint density at radius 1 is 1.24 bits per heavy atom. The molecule has 0 spiro atoms. The fourth-order valence-electron chi connectivity index (χ4n) is 1.66. The summed E-state index contributed by atoms with van der Waals surface area (Å²) in [7, 11) is 0. The van der Waals surface area contributed by atoms with Gasteiger partial charge in [-0.2, -0.15) is 11.8 Å². The number of hydrogen-bond donors (Lipinski definition) is 1. The minimum Gasteiger partial charge on any atom is -0.310 e. The van der Waals surface area contributed by atoms with Crippen molar-refractivity contribution in [1.82, 2.24) is 5.32 Å². The molecule has 1 unspecified atom stereocenters. The first kappa shape index (κ1) is 14.4. The normalized spacial score (nSPS) is 12.8. The van der Waals surface area contributed by atoms with Crippen molar-refractivity contribution in [2.24, 2.45) is 0 Å². The highest BCUT2D eigenvalue weighted by molar-refractivity contribution is 7.98. The third kappa shape index (κ3) is 3.64. The zero-order chi connectivity index (χ0) is 12.8. The largest absolute Gasteiger partial charge is 0.310 e. The van der Waals surface area contributed by atoms with Crippen LogP contribution in [0.15, 0.2) is 12.1 Å². The van der Waals surface area contributed by atoms with E-state index < -0.39 is 17.5 Å². The van der Waals surface area contributed by atoms with Gasteiger partial charge >= 0.3 is 0 Å². The molecule has 0 saturated carbocycles. The monoisotopic (exact) mass is 263 g/mol. The average Bonchev–Trinajstić information content (AvgIpc) is 2.32. The first-order valence-electron chi connectivity index (χ1n) is 5.47. The Morgan fingerprint density at radius 3 is 2.53 bits per heavy atom. The molecule has 5 heteroatoms. The second-order valence-electron chi connectivity index (χ2n) is 3.66. The summed E-state index contributed by atoms with van der Waals surface area (Å²) in [4.78, 5) is 0. The molecule has 0 aromatic heterocycles. The molecular formula is C12H16F3NS. The van der Waals surface area contributed by atoms with Crippen LogP contribution in [-0.4, -0.2) is 18.6 Å². The first-order chi connectivity index (χ1) is 8.11. The van der Waals surface area contributed by atoms with E-state index in [1.807, 2.05) is 13.2 Å². The van der Waals surface area contributed by atoms with Crippen molar-refractivity contribution >= 4 is 11.8 Å². The summed E-state index contributed by atoms with van der Waals surface area (Å²) < 4.78 is 39.6. The highest BCUT2D eigenvalue weighted by atomic mass is 32.2. The average molecular weight is 263 g/mol. The van der Waals surface area contributed by atoms with Gasteiger partial charge in [0.05, 0.1) is 0 Å². The van der Waals surface area contributed by atoms with E-state index in [0.29, 0.717) is 13.0 Å². The quantitative estimate of drug-likeness (QED) is 0.788. The van der Waals surface area contributed by atoms with E-state index in [1.165, 1.54) is 6.07 Å². The van der Waals surface area contributed by atoms with Crippen LogP contribution in [0.1, 0.15) is 24.9 Å². The second kappa shape index (κ2) is 6.91. The Hall–Kier alpha value is -0.680. The predicted octanol–water partition coefficient (Wildman–Crippen LogP) is 3.51. The Kier molecular flexibility index (Phi) is 5.85. The number of nitrogens with one attached hydrogen (secondary N) is 1. The van der Waals surface area contributed by atoms with Gasteiger partial charge in [0.25, 0.3) is 0 Å². The van der Waals surface area contributed by atoms with E-state index in [-0.39, 0.29) is 11.6 Å². The minimum atomic E-state index is -1.39. The topological polar surface area (TPSA) is 12.0 Å². The van der Waals surface area contributed by atoms with Crippen molar-refractivity contribution in [3.05, 3.63) is 35.1 Å². The lowest BCUT2D eigenvalue weighted by Gasteiger charge is -2.18. The summed E-state index contributed by atoms with van der Waals surface area (Å²) in [5.74, 6) is -2.80. The lowest BCUT2D eigenvalue weighted by atomic mass is 10.0. The lowest BCUT2D eigenvalue weighted by Crippen LogP contribution is -2.23. The maximum Gasteiger partial charge on any atom is 0.194 e. The predicted molar refractivity (Wildman–Crippen MR) is 65.7 cm³/mol. The van der Waals surface area contributed by atoms with Crippen molar-refractivity contribution in [3.63, 3.8) is 0 Å². The van der Waals surface area contributed by atoms with Gasteiger partial charge in [-0.25, -0.2) is 13.2 Å². The zero-order valence-corrected chi connectivity index (χ0v) is 10.7. The van der Waals surface area contributed by atoms with Crippen LogP contribution in [0.4, 0.5) is 13.2 Å². The molecule has 96 valence electrons. The fourth-order valence-corrected chi connectivity index (χ4v) is 2.13. The number of hydrogen-bond acceptors (Lipinski definition) is 2. The highest BCUT2D eigenvalue weighted by Gasteiger charge is 2.19. The van der Waals surface area contributed by atoms with E-state index in [9.17, 15) is 13.2 Å². The molecule has 1 nitrogen and oxygen atoms in total. The van der Waals surface area contributed by atoms with Gasteiger partial charge in [0, 0.05) is 11.6 Å². The van der Waals surface area contributed by atoms with Crippen LogP contribution in [0.2, 0.25) is 0 Å². The summed E-state index contributed by atoms with van der Waals surface area (Å²) >= 11 is 1.63. The third-order valence-electron chi connectivity index (χ3n) is 2.50. The van der Waals surface area contributed by atoms with Gasteiger partial charge in [-0.15, -0.1) is 0 Å². The van der Waals surface area contributed by atoms with E-state index in [0.717, 1.165) is 11.8 Å².